The van der Waals surface area contributed by atoms with Crippen molar-refractivity contribution in [3.8, 4) is 11.5 Å². The first kappa shape index (κ1) is 18.3. The van der Waals surface area contributed by atoms with Gasteiger partial charge < -0.3 is 13.9 Å². The molecule has 0 spiro atoms. The molecular formula is C21H19NO5S. The van der Waals surface area contributed by atoms with Gasteiger partial charge in [0.05, 0.1) is 12.0 Å². The van der Waals surface area contributed by atoms with Gasteiger partial charge in [0.25, 0.3) is 0 Å². The van der Waals surface area contributed by atoms with E-state index in [9.17, 15) is 8.42 Å². The molecular weight excluding hydrogens is 378 g/mol. The second-order valence-corrected chi connectivity index (χ2v) is 7.95. The largest absolute Gasteiger partial charge is 0.497 e. The third-order valence-corrected chi connectivity index (χ3v) is 5.82. The van der Waals surface area contributed by atoms with Gasteiger partial charge >= 0.3 is 0 Å². The molecule has 0 atom stereocenters. The van der Waals surface area contributed by atoms with Crippen LogP contribution < -0.4 is 14.2 Å². The van der Waals surface area contributed by atoms with Gasteiger partial charge in [-0.1, -0.05) is 24.3 Å². The first-order valence-corrected chi connectivity index (χ1v) is 10.2. The Balaban J connectivity index is 1.45. The number of furan rings is 1. The molecule has 4 rings (SSSR count). The topological polar surface area (TPSA) is 77.8 Å². The molecule has 0 unspecified atom stereocenters. The van der Waals surface area contributed by atoms with Gasteiger partial charge in [-0.25, -0.2) is 13.1 Å². The molecule has 0 aliphatic carbocycles. The summed E-state index contributed by atoms with van der Waals surface area (Å²) in [5, 5.41) is 1.84. The fourth-order valence-corrected chi connectivity index (χ4v) is 4.02. The quantitative estimate of drug-likeness (QED) is 0.478. The maximum Gasteiger partial charge on any atom is 0.240 e. The van der Waals surface area contributed by atoms with Crippen LogP contribution in [0.25, 0.3) is 21.9 Å². The smallest absolute Gasteiger partial charge is 0.240 e. The van der Waals surface area contributed by atoms with Crippen LogP contribution in [0.2, 0.25) is 0 Å². The minimum absolute atomic E-state index is 0.137. The van der Waals surface area contributed by atoms with Crippen molar-refractivity contribution < 1.29 is 22.3 Å². The van der Waals surface area contributed by atoms with Gasteiger partial charge in [0.2, 0.25) is 10.0 Å². The fourth-order valence-electron chi connectivity index (χ4n) is 2.99. The van der Waals surface area contributed by atoms with E-state index >= 15 is 0 Å². The number of benzene rings is 3. The van der Waals surface area contributed by atoms with E-state index in [0.29, 0.717) is 17.1 Å². The molecule has 144 valence electrons. The highest BCUT2D eigenvalue weighted by atomic mass is 32.2. The van der Waals surface area contributed by atoms with Crippen molar-refractivity contribution in [2.75, 3.05) is 20.3 Å². The molecule has 0 saturated heterocycles. The first-order valence-electron chi connectivity index (χ1n) is 8.75. The molecule has 0 saturated carbocycles. The van der Waals surface area contributed by atoms with Crippen molar-refractivity contribution in [1.29, 1.82) is 0 Å². The summed E-state index contributed by atoms with van der Waals surface area (Å²) >= 11 is 0. The van der Waals surface area contributed by atoms with Crippen LogP contribution in [0.3, 0.4) is 0 Å². The Morgan fingerprint density at radius 3 is 2.54 bits per heavy atom. The molecule has 0 amide bonds. The van der Waals surface area contributed by atoms with Gasteiger partial charge in [-0.15, -0.1) is 0 Å². The molecule has 3 aromatic carbocycles. The molecule has 28 heavy (non-hydrogen) atoms. The average molecular weight is 397 g/mol. The van der Waals surface area contributed by atoms with E-state index in [2.05, 4.69) is 4.72 Å². The fraction of sp³-hybridized carbons (Fsp3) is 0.143. The van der Waals surface area contributed by atoms with Crippen LogP contribution in [0, 0.1) is 0 Å². The van der Waals surface area contributed by atoms with Crippen LogP contribution in [-0.4, -0.2) is 28.7 Å². The third-order valence-electron chi connectivity index (χ3n) is 4.36. The molecule has 6 nitrogen and oxygen atoms in total. The number of hydrogen-bond donors (Lipinski definition) is 1. The van der Waals surface area contributed by atoms with Crippen molar-refractivity contribution in [1.82, 2.24) is 4.72 Å². The lowest BCUT2D eigenvalue weighted by molar-refractivity contribution is 0.320. The number of fused-ring (bicyclic) bond motifs is 3. The Kier molecular flexibility index (Phi) is 4.93. The summed E-state index contributed by atoms with van der Waals surface area (Å²) in [6, 6.07) is 19.6. The maximum absolute atomic E-state index is 12.6. The summed E-state index contributed by atoms with van der Waals surface area (Å²) in [5.74, 6) is 1.29. The van der Waals surface area contributed by atoms with Gasteiger partial charge in [0, 0.05) is 29.4 Å². The minimum Gasteiger partial charge on any atom is -0.497 e. The molecule has 7 heteroatoms. The zero-order chi connectivity index (χ0) is 19.6. The Bertz CT molecular complexity index is 1230. The van der Waals surface area contributed by atoms with Crippen molar-refractivity contribution in [3.63, 3.8) is 0 Å². The molecule has 0 radical (unpaired) electrons. The third kappa shape index (κ3) is 3.67. The summed E-state index contributed by atoms with van der Waals surface area (Å²) in [7, 11) is -2.10. The lowest BCUT2D eigenvalue weighted by Crippen LogP contribution is -2.28. The molecule has 4 aromatic rings. The standard InChI is InChI=1S/C21H19NO5S/c1-25-15-5-4-6-16(13-15)26-12-11-22-28(23,24)17-9-10-19-18-7-2-3-8-20(18)27-21(19)14-17/h2-10,13-14,22H,11-12H2,1H3. The summed E-state index contributed by atoms with van der Waals surface area (Å²) in [4.78, 5) is 0.153. The number of rotatable bonds is 7. The van der Waals surface area contributed by atoms with Crippen molar-refractivity contribution >= 4 is 32.0 Å². The summed E-state index contributed by atoms with van der Waals surface area (Å²) < 4.78 is 44.2. The SMILES string of the molecule is COc1cccc(OCCNS(=O)(=O)c2ccc3c(c2)oc2ccccc23)c1. The molecule has 0 aliphatic rings. The predicted molar refractivity (Wildman–Crippen MR) is 107 cm³/mol. The lowest BCUT2D eigenvalue weighted by Gasteiger charge is -2.09. The number of hydrogen-bond acceptors (Lipinski definition) is 5. The van der Waals surface area contributed by atoms with Crippen LogP contribution in [0.15, 0.2) is 76.0 Å². The van der Waals surface area contributed by atoms with Crippen molar-refractivity contribution in [2.24, 2.45) is 0 Å². The van der Waals surface area contributed by atoms with Crippen LogP contribution in [0.4, 0.5) is 0 Å². The number of ether oxygens (including phenoxy) is 2. The number of para-hydroxylation sites is 1. The zero-order valence-electron chi connectivity index (χ0n) is 15.2. The highest BCUT2D eigenvalue weighted by Gasteiger charge is 2.16. The van der Waals surface area contributed by atoms with Crippen LogP contribution in [0.5, 0.6) is 11.5 Å². The Morgan fingerprint density at radius 1 is 0.893 bits per heavy atom. The second-order valence-electron chi connectivity index (χ2n) is 6.18. The van der Waals surface area contributed by atoms with Gasteiger partial charge in [0.15, 0.2) is 0 Å². The molecule has 0 aliphatic heterocycles. The van der Waals surface area contributed by atoms with E-state index in [4.69, 9.17) is 13.9 Å². The number of nitrogens with one attached hydrogen (secondary N) is 1. The molecule has 0 bridgehead atoms. The molecule has 1 N–H and O–H groups in total. The van der Waals surface area contributed by atoms with E-state index < -0.39 is 10.0 Å². The minimum atomic E-state index is -3.67. The van der Waals surface area contributed by atoms with Crippen LogP contribution >= 0.6 is 0 Å². The number of methoxy groups -OCH3 is 1. The zero-order valence-corrected chi connectivity index (χ0v) is 16.0. The van der Waals surface area contributed by atoms with Gasteiger partial charge in [-0.2, -0.15) is 0 Å². The normalized spacial score (nSPS) is 11.8. The highest BCUT2D eigenvalue weighted by molar-refractivity contribution is 7.89. The summed E-state index contributed by atoms with van der Waals surface area (Å²) in [6.07, 6.45) is 0. The second kappa shape index (κ2) is 7.53. The summed E-state index contributed by atoms with van der Waals surface area (Å²) in [6.45, 7) is 0.330. The van der Waals surface area contributed by atoms with Gasteiger partial charge in [-0.05, 0) is 30.3 Å². The van der Waals surface area contributed by atoms with Crippen molar-refractivity contribution in [3.05, 3.63) is 66.7 Å². The Labute approximate surface area is 162 Å². The van der Waals surface area contributed by atoms with Gasteiger partial charge in [0.1, 0.15) is 29.3 Å². The van der Waals surface area contributed by atoms with Gasteiger partial charge in [-0.3, -0.25) is 0 Å². The molecule has 0 fully saturated rings. The summed E-state index contributed by atoms with van der Waals surface area (Å²) in [5.41, 5.74) is 1.27. The Hall–Kier alpha value is -3.03. The monoisotopic (exact) mass is 397 g/mol. The average Bonchev–Trinajstić information content (AvgIpc) is 3.09. The van der Waals surface area contributed by atoms with Crippen LogP contribution in [-0.2, 0) is 10.0 Å². The predicted octanol–water partition coefficient (Wildman–Crippen LogP) is 3.95. The van der Waals surface area contributed by atoms with E-state index in [1.807, 2.05) is 30.3 Å². The first-order chi connectivity index (χ1) is 13.6. The number of sulfonamides is 1. The highest BCUT2D eigenvalue weighted by Crippen LogP contribution is 2.30. The van der Waals surface area contributed by atoms with E-state index in [1.54, 1.807) is 43.5 Å². The van der Waals surface area contributed by atoms with E-state index in [1.165, 1.54) is 0 Å². The van der Waals surface area contributed by atoms with Crippen LogP contribution in [0.1, 0.15) is 0 Å². The molecule has 1 heterocycles. The Morgan fingerprint density at radius 2 is 1.68 bits per heavy atom. The molecule has 1 aromatic heterocycles. The maximum atomic E-state index is 12.6. The lowest BCUT2D eigenvalue weighted by atomic mass is 10.2. The van der Waals surface area contributed by atoms with E-state index in [-0.39, 0.29) is 18.0 Å². The van der Waals surface area contributed by atoms with E-state index in [0.717, 1.165) is 16.4 Å². The van der Waals surface area contributed by atoms with Crippen molar-refractivity contribution in [2.45, 2.75) is 4.90 Å².